The lowest BCUT2D eigenvalue weighted by atomic mass is 9.75. The molecule has 1 unspecified atom stereocenters. The lowest BCUT2D eigenvalue weighted by Crippen LogP contribution is -2.37. The Labute approximate surface area is 133 Å². The van der Waals surface area contributed by atoms with Gasteiger partial charge in [0, 0.05) is 12.1 Å². The summed E-state index contributed by atoms with van der Waals surface area (Å²) in [6, 6.07) is 6.98. The third-order valence-electron chi connectivity index (χ3n) is 4.53. The summed E-state index contributed by atoms with van der Waals surface area (Å²) >= 11 is 12.1. The van der Waals surface area contributed by atoms with E-state index in [0.717, 1.165) is 6.42 Å². The van der Waals surface area contributed by atoms with Crippen LogP contribution in [0.2, 0.25) is 10.0 Å². The minimum Gasteiger partial charge on any atom is -0.307 e. The second-order valence-electron chi connectivity index (χ2n) is 6.74. The van der Waals surface area contributed by atoms with Gasteiger partial charge in [0.25, 0.3) is 0 Å². The maximum Gasteiger partial charge on any atom is 0.0595 e. The first-order chi connectivity index (χ1) is 9.41. The van der Waals surface area contributed by atoms with E-state index in [9.17, 15) is 0 Å². The van der Waals surface area contributed by atoms with Crippen molar-refractivity contribution in [2.75, 3.05) is 0 Å². The third-order valence-corrected chi connectivity index (χ3v) is 5.27. The SMILES string of the molecule is CCC(NC1CCC(C)(C)CC1)c1ccc(Cl)c(Cl)c1. The third kappa shape index (κ3) is 4.13. The Kier molecular flexibility index (Phi) is 5.39. The maximum atomic E-state index is 6.14. The fourth-order valence-electron chi connectivity index (χ4n) is 3.03. The summed E-state index contributed by atoms with van der Waals surface area (Å²) in [5.74, 6) is 0. The zero-order valence-corrected chi connectivity index (χ0v) is 14.2. The van der Waals surface area contributed by atoms with Crippen molar-refractivity contribution in [3.63, 3.8) is 0 Å². The van der Waals surface area contributed by atoms with Gasteiger partial charge in [-0.05, 0) is 55.2 Å². The van der Waals surface area contributed by atoms with Gasteiger partial charge in [0.05, 0.1) is 10.0 Å². The molecule has 0 heterocycles. The zero-order valence-electron chi connectivity index (χ0n) is 12.7. The van der Waals surface area contributed by atoms with Crippen LogP contribution in [0.4, 0.5) is 0 Å². The molecule has 1 atom stereocenters. The predicted molar refractivity (Wildman–Crippen MR) is 88.7 cm³/mol. The second kappa shape index (κ2) is 6.68. The van der Waals surface area contributed by atoms with Gasteiger partial charge in [-0.15, -0.1) is 0 Å². The van der Waals surface area contributed by atoms with Gasteiger partial charge in [0.2, 0.25) is 0 Å². The van der Waals surface area contributed by atoms with E-state index in [1.54, 1.807) is 0 Å². The number of halogens is 2. The summed E-state index contributed by atoms with van der Waals surface area (Å²) in [4.78, 5) is 0. The van der Waals surface area contributed by atoms with E-state index in [-0.39, 0.29) is 0 Å². The molecule has 1 aromatic rings. The molecule has 1 fully saturated rings. The van der Waals surface area contributed by atoms with Crippen LogP contribution in [0.1, 0.15) is 64.5 Å². The molecule has 0 amide bonds. The summed E-state index contributed by atoms with van der Waals surface area (Å²) in [7, 11) is 0. The molecular formula is C17H25Cl2N. The van der Waals surface area contributed by atoms with Crippen LogP contribution in [0.25, 0.3) is 0 Å². The molecule has 1 N–H and O–H groups in total. The molecule has 0 bridgehead atoms. The fraction of sp³-hybridized carbons (Fsp3) is 0.647. The van der Waals surface area contributed by atoms with Crippen molar-refractivity contribution < 1.29 is 0 Å². The van der Waals surface area contributed by atoms with Crippen LogP contribution in [0.3, 0.4) is 0 Å². The average Bonchev–Trinajstić information content (AvgIpc) is 2.41. The van der Waals surface area contributed by atoms with E-state index < -0.39 is 0 Å². The van der Waals surface area contributed by atoms with Crippen molar-refractivity contribution in [2.45, 2.75) is 65.0 Å². The first kappa shape index (κ1) is 16.1. The molecule has 3 heteroatoms. The highest BCUT2D eigenvalue weighted by Gasteiger charge is 2.27. The van der Waals surface area contributed by atoms with Crippen LogP contribution in [0, 0.1) is 5.41 Å². The summed E-state index contributed by atoms with van der Waals surface area (Å²) in [6.45, 7) is 6.96. The van der Waals surface area contributed by atoms with Crippen LogP contribution in [-0.4, -0.2) is 6.04 Å². The topological polar surface area (TPSA) is 12.0 Å². The zero-order chi connectivity index (χ0) is 14.8. The van der Waals surface area contributed by atoms with Crippen molar-refractivity contribution in [3.05, 3.63) is 33.8 Å². The van der Waals surface area contributed by atoms with E-state index in [4.69, 9.17) is 23.2 Å². The van der Waals surface area contributed by atoms with E-state index in [2.05, 4.69) is 32.2 Å². The van der Waals surface area contributed by atoms with Crippen LogP contribution in [0.15, 0.2) is 18.2 Å². The number of hydrogen-bond acceptors (Lipinski definition) is 1. The predicted octanol–water partition coefficient (Wildman–Crippen LogP) is 6.00. The molecule has 0 spiro atoms. The maximum absolute atomic E-state index is 6.14. The number of benzene rings is 1. The molecule has 1 aliphatic rings. The van der Waals surface area contributed by atoms with Crippen molar-refractivity contribution in [3.8, 4) is 0 Å². The second-order valence-corrected chi connectivity index (χ2v) is 7.55. The molecule has 1 saturated carbocycles. The Bertz CT molecular complexity index is 446. The standard InChI is InChI=1S/C17H25Cl2N/c1-4-16(12-5-6-14(18)15(19)11-12)20-13-7-9-17(2,3)10-8-13/h5-6,11,13,16,20H,4,7-10H2,1-3H3. The van der Waals surface area contributed by atoms with Gasteiger partial charge in [-0.25, -0.2) is 0 Å². The molecule has 20 heavy (non-hydrogen) atoms. The smallest absolute Gasteiger partial charge is 0.0595 e. The van der Waals surface area contributed by atoms with Gasteiger partial charge >= 0.3 is 0 Å². The first-order valence-electron chi connectivity index (χ1n) is 7.62. The number of hydrogen-bond donors (Lipinski definition) is 1. The largest absolute Gasteiger partial charge is 0.307 e. The van der Waals surface area contributed by atoms with E-state index in [0.29, 0.717) is 27.5 Å². The normalized spacial score (nSPS) is 20.9. The summed E-state index contributed by atoms with van der Waals surface area (Å²) in [5, 5.41) is 5.08. The molecular weight excluding hydrogens is 289 g/mol. The molecule has 112 valence electrons. The van der Waals surface area contributed by atoms with Gasteiger partial charge in [-0.3, -0.25) is 0 Å². The number of nitrogens with one attached hydrogen (secondary N) is 1. The molecule has 0 saturated heterocycles. The van der Waals surface area contributed by atoms with Crippen molar-refractivity contribution in [1.82, 2.24) is 5.32 Å². The Morgan fingerprint density at radius 3 is 2.40 bits per heavy atom. The van der Waals surface area contributed by atoms with Crippen LogP contribution >= 0.6 is 23.2 Å². The molecule has 2 rings (SSSR count). The monoisotopic (exact) mass is 313 g/mol. The lowest BCUT2D eigenvalue weighted by Gasteiger charge is -2.36. The van der Waals surface area contributed by atoms with Gasteiger partial charge < -0.3 is 5.32 Å². The van der Waals surface area contributed by atoms with Gasteiger partial charge in [-0.1, -0.05) is 50.0 Å². The Morgan fingerprint density at radius 1 is 1.20 bits per heavy atom. The minimum absolute atomic E-state index is 0.371. The Balaban J connectivity index is 2.00. The molecule has 0 radical (unpaired) electrons. The van der Waals surface area contributed by atoms with E-state index >= 15 is 0 Å². The average molecular weight is 314 g/mol. The quantitative estimate of drug-likeness (QED) is 0.718. The Hall–Kier alpha value is -0.240. The lowest BCUT2D eigenvalue weighted by molar-refractivity contribution is 0.197. The Morgan fingerprint density at radius 2 is 1.85 bits per heavy atom. The van der Waals surface area contributed by atoms with Crippen molar-refractivity contribution in [2.24, 2.45) is 5.41 Å². The number of rotatable bonds is 4. The van der Waals surface area contributed by atoms with Crippen LogP contribution in [0.5, 0.6) is 0 Å². The van der Waals surface area contributed by atoms with Crippen LogP contribution < -0.4 is 5.32 Å². The molecule has 1 aliphatic carbocycles. The van der Waals surface area contributed by atoms with Crippen molar-refractivity contribution in [1.29, 1.82) is 0 Å². The molecule has 0 aliphatic heterocycles. The van der Waals surface area contributed by atoms with Crippen LogP contribution in [-0.2, 0) is 0 Å². The summed E-state index contributed by atoms with van der Waals surface area (Å²) < 4.78 is 0. The van der Waals surface area contributed by atoms with E-state index in [1.165, 1.54) is 31.2 Å². The van der Waals surface area contributed by atoms with Gasteiger partial charge in [-0.2, -0.15) is 0 Å². The van der Waals surface area contributed by atoms with E-state index in [1.807, 2.05) is 12.1 Å². The first-order valence-corrected chi connectivity index (χ1v) is 8.38. The van der Waals surface area contributed by atoms with Gasteiger partial charge in [0.1, 0.15) is 0 Å². The fourth-order valence-corrected chi connectivity index (χ4v) is 3.34. The molecule has 0 aromatic heterocycles. The minimum atomic E-state index is 0.371. The highest BCUT2D eigenvalue weighted by atomic mass is 35.5. The highest BCUT2D eigenvalue weighted by molar-refractivity contribution is 6.42. The summed E-state index contributed by atoms with van der Waals surface area (Å²) in [5.41, 5.74) is 1.76. The molecule has 1 nitrogen and oxygen atoms in total. The van der Waals surface area contributed by atoms with Gasteiger partial charge in [0.15, 0.2) is 0 Å². The van der Waals surface area contributed by atoms with Crippen molar-refractivity contribution >= 4 is 23.2 Å². The molecule has 1 aromatic carbocycles. The highest BCUT2D eigenvalue weighted by Crippen LogP contribution is 2.36. The summed E-state index contributed by atoms with van der Waals surface area (Å²) in [6.07, 6.45) is 6.22.